The highest BCUT2D eigenvalue weighted by atomic mass is 16.6. The summed E-state index contributed by atoms with van der Waals surface area (Å²) in [6.07, 6.45) is 11.9. The predicted molar refractivity (Wildman–Crippen MR) is 310 cm³/mol. The van der Waals surface area contributed by atoms with Crippen LogP contribution in [-0.4, -0.2) is 162 Å². The standard InChI is InChI=1S/C40H56O10.C23H36O9/c1-26(2)13-11-16-27(3)14-9-10-15-28(4)17-12-18-29(5)19-20-31-30(6)37(46)34(23-40(31,7)8)50-36(45)22-21-35(44)49-25-33(43)39(48)38(47)32(42)24-41;1-6-8-14-13(3)20(28)17(11-23(14,4)5)32-19(27)10-9-18(26)31-12-16(25)22(30)21(29)15(24)7-2/h9-20,32-34,38-39,41-43,47-48H,21-25H2,1-8H3;6,8,15-17,21-22,24-25,29-30H,7,9-12H2,1-5H3/b10-9+,16-11+,17-12+,20-19+,27-14+,28-15+,29-18+;8-6+. The van der Waals surface area contributed by atoms with Crippen LogP contribution in [0.15, 0.2) is 130 Å². The van der Waals surface area contributed by atoms with Gasteiger partial charge in [0.25, 0.3) is 0 Å². The SMILES string of the molecule is C/C=C/C1=C(C)C(=O)C(OC(=O)CCC(=O)OCC(O)C(O)C(O)C(O)CC)CC1(C)C.CC(C)=C/C=C/C(C)=C/C=C/C=C(C)/C=C/C=C(C)/C=C/C1=C(C)C(=O)C(OC(=O)CCC(=O)OCC(O)C(O)C(O)C(O)CO)CC1(C)C. The van der Waals surface area contributed by atoms with Crippen LogP contribution in [0, 0.1) is 10.8 Å². The van der Waals surface area contributed by atoms with Crippen molar-refractivity contribution >= 4 is 35.4 Å². The number of esters is 4. The second-order valence-electron chi connectivity index (χ2n) is 22.0. The van der Waals surface area contributed by atoms with Gasteiger partial charge in [0.15, 0.2) is 23.8 Å². The molecule has 0 aliphatic heterocycles. The fraction of sp³-hybridized carbons (Fsp3) is 0.556. The molecule has 0 fully saturated rings. The van der Waals surface area contributed by atoms with Gasteiger partial charge in [0.2, 0.25) is 0 Å². The van der Waals surface area contributed by atoms with Crippen molar-refractivity contribution < 1.29 is 93.7 Å². The summed E-state index contributed by atoms with van der Waals surface area (Å²) in [7, 11) is 0. The van der Waals surface area contributed by atoms with Crippen molar-refractivity contribution in [1.29, 1.82) is 0 Å². The van der Waals surface area contributed by atoms with Crippen molar-refractivity contribution in [3.63, 3.8) is 0 Å². The highest BCUT2D eigenvalue weighted by molar-refractivity contribution is 6.02. The van der Waals surface area contributed by atoms with Crippen molar-refractivity contribution in [3.05, 3.63) is 130 Å². The minimum atomic E-state index is -1.88. The van der Waals surface area contributed by atoms with Crippen molar-refractivity contribution in [2.75, 3.05) is 19.8 Å². The van der Waals surface area contributed by atoms with Gasteiger partial charge < -0.3 is 64.9 Å². The molecule has 19 heteroatoms. The van der Waals surface area contributed by atoms with Crippen LogP contribution < -0.4 is 0 Å². The second kappa shape index (κ2) is 36.6. The summed E-state index contributed by atoms with van der Waals surface area (Å²) in [5, 5.41) is 86.3. The normalized spacial score (nSPS) is 21.0. The molecular formula is C63H92O19. The van der Waals surface area contributed by atoms with Crippen molar-refractivity contribution in [2.45, 2.75) is 196 Å². The molecule has 2 aliphatic rings. The predicted octanol–water partition coefficient (Wildman–Crippen LogP) is 5.97. The first-order valence-electron chi connectivity index (χ1n) is 27.5. The maximum atomic E-state index is 13.2. The lowest BCUT2D eigenvalue weighted by Gasteiger charge is -2.36. The molecule has 10 atom stereocenters. The van der Waals surface area contributed by atoms with E-state index in [9.17, 15) is 69.6 Å². The van der Waals surface area contributed by atoms with E-state index < -0.39 is 117 Å². The highest BCUT2D eigenvalue weighted by Crippen LogP contribution is 2.42. The molecule has 0 radical (unpaired) electrons. The average molecular weight is 1150 g/mol. The molecule has 0 bridgehead atoms. The molecule has 10 unspecified atom stereocenters. The zero-order valence-corrected chi connectivity index (χ0v) is 50.0. The van der Waals surface area contributed by atoms with Crippen LogP contribution >= 0.6 is 0 Å². The van der Waals surface area contributed by atoms with E-state index in [1.165, 1.54) is 5.57 Å². The van der Waals surface area contributed by atoms with Gasteiger partial charge in [-0.05, 0) is 94.9 Å². The van der Waals surface area contributed by atoms with Gasteiger partial charge in [-0.15, -0.1) is 0 Å². The minimum absolute atomic E-state index is 0.166. The number of carbonyl (C=O) groups excluding carboxylic acids is 6. The van der Waals surface area contributed by atoms with Crippen LogP contribution in [0.4, 0.5) is 0 Å². The van der Waals surface area contributed by atoms with Crippen molar-refractivity contribution in [1.82, 2.24) is 0 Å². The number of allylic oxidation sites excluding steroid dienone is 20. The molecule has 82 heavy (non-hydrogen) atoms. The molecule has 2 aliphatic carbocycles. The van der Waals surface area contributed by atoms with E-state index in [1.807, 2.05) is 121 Å². The summed E-state index contributed by atoms with van der Waals surface area (Å²) in [6, 6.07) is 0. The van der Waals surface area contributed by atoms with Crippen LogP contribution in [0.3, 0.4) is 0 Å². The van der Waals surface area contributed by atoms with E-state index in [-0.39, 0.29) is 49.1 Å². The molecule has 458 valence electrons. The Labute approximate surface area is 483 Å². The number of ketones is 2. The summed E-state index contributed by atoms with van der Waals surface area (Å²) in [4.78, 5) is 74.3. The minimum Gasteiger partial charge on any atom is -0.463 e. The molecule has 0 aromatic carbocycles. The molecule has 9 N–H and O–H groups in total. The Bertz CT molecular complexity index is 2500. The summed E-state index contributed by atoms with van der Waals surface area (Å²) in [5.74, 6) is -3.77. The maximum absolute atomic E-state index is 13.2. The molecule has 0 saturated carbocycles. The lowest BCUT2D eigenvalue weighted by molar-refractivity contribution is -0.161. The molecule has 0 aromatic heterocycles. The van der Waals surface area contributed by atoms with Gasteiger partial charge in [0.1, 0.15) is 55.9 Å². The van der Waals surface area contributed by atoms with Gasteiger partial charge in [0.05, 0.1) is 38.4 Å². The van der Waals surface area contributed by atoms with Gasteiger partial charge >= 0.3 is 23.9 Å². The lowest BCUT2D eigenvalue weighted by Crippen LogP contribution is -2.47. The van der Waals surface area contributed by atoms with Crippen LogP contribution in [0.5, 0.6) is 0 Å². The first kappa shape index (κ1) is 74.0. The molecule has 0 amide bonds. The lowest BCUT2D eigenvalue weighted by atomic mass is 9.71. The third-order valence-electron chi connectivity index (χ3n) is 13.5. The van der Waals surface area contributed by atoms with Gasteiger partial charge in [-0.1, -0.05) is 142 Å². The fourth-order valence-corrected chi connectivity index (χ4v) is 8.50. The largest absolute Gasteiger partial charge is 0.463 e. The summed E-state index contributed by atoms with van der Waals surface area (Å²) >= 11 is 0. The number of hydrogen-bond acceptors (Lipinski definition) is 19. The van der Waals surface area contributed by atoms with E-state index in [4.69, 9.17) is 24.1 Å². The molecule has 2 rings (SSSR count). The van der Waals surface area contributed by atoms with E-state index in [0.717, 1.165) is 27.9 Å². The van der Waals surface area contributed by atoms with Crippen molar-refractivity contribution in [3.8, 4) is 0 Å². The molecule has 0 spiro atoms. The third-order valence-corrected chi connectivity index (χ3v) is 13.5. The number of aliphatic hydroxyl groups is 9. The van der Waals surface area contributed by atoms with Crippen LogP contribution in [0.2, 0.25) is 0 Å². The molecule has 0 saturated heterocycles. The highest BCUT2D eigenvalue weighted by Gasteiger charge is 2.41. The molecule has 19 nitrogen and oxygen atoms in total. The van der Waals surface area contributed by atoms with E-state index in [1.54, 1.807) is 20.8 Å². The summed E-state index contributed by atoms with van der Waals surface area (Å²) in [5.41, 5.74) is 6.40. The Morgan fingerprint density at radius 1 is 0.524 bits per heavy atom. The number of ether oxygens (including phenoxy) is 4. The number of carbonyl (C=O) groups is 6. The van der Waals surface area contributed by atoms with E-state index in [2.05, 4.69) is 32.9 Å². The number of aliphatic hydroxyl groups excluding tert-OH is 9. The number of Topliss-reactive ketones (excluding diaryl/α,β-unsaturated/α-hetero) is 2. The van der Waals surface area contributed by atoms with Gasteiger partial charge in [-0.25, -0.2) is 0 Å². The maximum Gasteiger partial charge on any atom is 0.307 e. The number of rotatable bonds is 29. The van der Waals surface area contributed by atoms with Gasteiger partial charge in [-0.2, -0.15) is 0 Å². The average Bonchev–Trinajstić information content (AvgIpc) is 3.50. The first-order valence-corrected chi connectivity index (χ1v) is 27.5. The first-order chi connectivity index (χ1) is 38.2. The summed E-state index contributed by atoms with van der Waals surface area (Å²) in [6.45, 7) is 22.7. The monoisotopic (exact) mass is 1150 g/mol. The summed E-state index contributed by atoms with van der Waals surface area (Å²) < 4.78 is 20.4. The Morgan fingerprint density at radius 2 is 0.878 bits per heavy atom. The third kappa shape index (κ3) is 26.1. The van der Waals surface area contributed by atoms with E-state index in [0.29, 0.717) is 17.6 Å². The van der Waals surface area contributed by atoms with Crippen molar-refractivity contribution in [2.24, 2.45) is 10.8 Å². The Morgan fingerprint density at radius 3 is 1.27 bits per heavy atom. The smallest absolute Gasteiger partial charge is 0.307 e. The molecule has 0 aromatic rings. The number of hydrogen-bond donors (Lipinski definition) is 9. The van der Waals surface area contributed by atoms with Crippen LogP contribution in [0.25, 0.3) is 0 Å². The van der Waals surface area contributed by atoms with Gasteiger partial charge in [0, 0.05) is 12.8 Å². The second-order valence-corrected chi connectivity index (χ2v) is 22.0. The van der Waals surface area contributed by atoms with Gasteiger partial charge in [-0.3, -0.25) is 28.8 Å². The fourth-order valence-electron chi connectivity index (χ4n) is 8.50. The van der Waals surface area contributed by atoms with Crippen LogP contribution in [-0.2, 0) is 47.7 Å². The van der Waals surface area contributed by atoms with Crippen LogP contribution in [0.1, 0.15) is 135 Å². The Balaban J connectivity index is 0.000000903. The molecular weight excluding hydrogens is 1060 g/mol. The Hall–Kier alpha value is -6.00. The topological polar surface area (TPSA) is 321 Å². The van der Waals surface area contributed by atoms with E-state index >= 15 is 0 Å². The Kier molecular flexibility index (Phi) is 33.0. The zero-order valence-electron chi connectivity index (χ0n) is 50.0. The molecule has 0 heterocycles. The zero-order chi connectivity index (χ0) is 62.7. The quantitative estimate of drug-likeness (QED) is 0.0237.